The molecule has 3 rings (SSSR count). The Bertz CT molecular complexity index is 671. The van der Waals surface area contributed by atoms with Crippen LogP contribution in [-0.4, -0.2) is 17.0 Å². The molecule has 1 aromatic carbocycles. The summed E-state index contributed by atoms with van der Waals surface area (Å²) in [6.07, 6.45) is -0.142. The summed E-state index contributed by atoms with van der Waals surface area (Å²) in [5, 5.41) is 3.33. The fourth-order valence-electron chi connectivity index (χ4n) is 1.94. The number of ether oxygens (including phenoxy) is 1. The number of alkyl carbamates (subject to hydrolysis) is 1. The molecule has 1 atom stereocenters. The van der Waals surface area contributed by atoms with Crippen LogP contribution in [0.3, 0.4) is 0 Å². The summed E-state index contributed by atoms with van der Waals surface area (Å²) < 4.78 is 4.92. The Morgan fingerprint density at radius 3 is 2.89 bits per heavy atom. The largest absolute Gasteiger partial charge is 0.431 e. The maximum Gasteiger partial charge on any atom is 0.415 e. The number of carbonyl (C=O) groups excluding carboxylic acids is 2. The van der Waals surface area contributed by atoms with Gasteiger partial charge >= 0.3 is 6.09 Å². The van der Waals surface area contributed by atoms with Crippen molar-refractivity contribution in [1.29, 1.82) is 0 Å². The maximum atomic E-state index is 11.6. The third kappa shape index (κ3) is 1.69. The fraction of sp³-hybridized carbons (Fsp3) is 0.0833. The molecule has 1 aliphatic rings. The summed E-state index contributed by atoms with van der Waals surface area (Å²) in [6.45, 7) is 0. The Hall–Kier alpha value is -2.14. The maximum absolute atomic E-state index is 11.6. The standard InChI is InChI=1S/C12H7ClN2O3/c13-7-4-6-2-1-3-14-9(6)8(5-7)10-11(16)15-12(17)18-10/h1-5,10H,(H,15,16,17). The summed E-state index contributed by atoms with van der Waals surface area (Å²) >= 11 is 5.99. The lowest BCUT2D eigenvalue weighted by Gasteiger charge is -2.10. The number of amides is 2. The van der Waals surface area contributed by atoms with Gasteiger partial charge in [-0.25, -0.2) is 4.79 Å². The summed E-state index contributed by atoms with van der Waals surface area (Å²) in [7, 11) is 0. The highest BCUT2D eigenvalue weighted by molar-refractivity contribution is 6.31. The molecular formula is C12H7ClN2O3. The lowest BCUT2D eigenvalue weighted by Crippen LogP contribution is -2.20. The highest BCUT2D eigenvalue weighted by atomic mass is 35.5. The van der Waals surface area contributed by atoms with E-state index in [1.807, 2.05) is 6.07 Å². The van der Waals surface area contributed by atoms with Gasteiger partial charge in [0.15, 0.2) is 0 Å². The fourth-order valence-corrected chi connectivity index (χ4v) is 2.18. The molecule has 1 aromatic heterocycles. The number of halogens is 1. The van der Waals surface area contributed by atoms with Crippen LogP contribution in [0.4, 0.5) is 4.79 Å². The predicted octanol–water partition coefficient (Wildman–Crippen LogP) is 2.20. The van der Waals surface area contributed by atoms with Crippen molar-refractivity contribution in [3.8, 4) is 0 Å². The molecule has 2 amide bonds. The molecular weight excluding hydrogens is 256 g/mol. The first-order chi connectivity index (χ1) is 8.65. The average molecular weight is 263 g/mol. The highest BCUT2D eigenvalue weighted by Crippen LogP contribution is 2.30. The van der Waals surface area contributed by atoms with E-state index in [4.69, 9.17) is 16.3 Å². The summed E-state index contributed by atoms with van der Waals surface area (Å²) in [5.41, 5.74) is 1.08. The van der Waals surface area contributed by atoms with Gasteiger partial charge < -0.3 is 4.74 Å². The minimum atomic E-state index is -0.992. The van der Waals surface area contributed by atoms with Crippen molar-refractivity contribution in [2.24, 2.45) is 0 Å². The topological polar surface area (TPSA) is 68.3 Å². The molecule has 2 heterocycles. The van der Waals surface area contributed by atoms with Gasteiger partial charge in [0, 0.05) is 22.2 Å². The summed E-state index contributed by atoms with van der Waals surface area (Å²) in [4.78, 5) is 26.9. The molecule has 0 bridgehead atoms. The molecule has 1 saturated heterocycles. The van der Waals surface area contributed by atoms with Gasteiger partial charge in [-0.15, -0.1) is 0 Å². The molecule has 0 spiro atoms. The summed E-state index contributed by atoms with van der Waals surface area (Å²) in [6, 6.07) is 6.91. The number of aromatic nitrogens is 1. The van der Waals surface area contributed by atoms with Crippen molar-refractivity contribution in [2.75, 3.05) is 0 Å². The Morgan fingerprint density at radius 1 is 1.33 bits per heavy atom. The molecule has 18 heavy (non-hydrogen) atoms. The normalized spacial score (nSPS) is 18.8. The van der Waals surface area contributed by atoms with Gasteiger partial charge in [0.25, 0.3) is 5.91 Å². The van der Waals surface area contributed by atoms with E-state index in [0.29, 0.717) is 16.1 Å². The van der Waals surface area contributed by atoms with Crippen molar-refractivity contribution in [2.45, 2.75) is 6.10 Å². The zero-order valence-electron chi connectivity index (χ0n) is 9.01. The van der Waals surface area contributed by atoms with E-state index in [1.165, 1.54) is 0 Å². The van der Waals surface area contributed by atoms with Gasteiger partial charge in [-0.2, -0.15) is 0 Å². The van der Waals surface area contributed by atoms with E-state index in [-0.39, 0.29) is 0 Å². The van der Waals surface area contributed by atoms with Crippen LogP contribution in [0.1, 0.15) is 11.7 Å². The van der Waals surface area contributed by atoms with Crippen molar-refractivity contribution < 1.29 is 14.3 Å². The number of pyridine rings is 1. The van der Waals surface area contributed by atoms with Crippen molar-refractivity contribution in [3.05, 3.63) is 41.0 Å². The van der Waals surface area contributed by atoms with Crippen LogP contribution in [0.15, 0.2) is 30.5 Å². The average Bonchev–Trinajstić information content (AvgIpc) is 2.67. The van der Waals surface area contributed by atoms with Crippen molar-refractivity contribution in [3.63, 3.8) is 0 Å². The molecule has 0 saturated carbocycles. The van der Waals surface area contributed by atoms with Crippen LogP contribution in [0.25, 0.3) is 10.9 Å². The van der Waals surface area contributed by atoms with Gasteiger partial charge in [0.2, 0.25) is 6.10 Å². The van der Waals surface area contributed by atoms with E-state index >= 15 is 0 Å². The number of benzene rings is 1. The number of nitrogens with one attached hydrogen (secondary N) is 1. The number of hydrogen-bond acceptors (Lipinski definition) is 4. The predicted molar refractivity (Wildman–Crippen MR) is 64.1 cm³/mol. The van der Waals surface area contributed by atoms with Crippen LogP contribution in [0.2, 0.25) is 5.02 Å². The van der Waals surface area contributed by atoms with Crippen LogP contribution in [-0.2, 0) is 9.53 Å². The molecule has 90 valence electrons. The first-order valence-corrected chi connectivity index (χ1v) is 5.58. The van der Waals surface area contributed by atoms with E-state index in [0.717, 1.165) is 5.39 Å². The van der Waals surface area contributed by atoms with Crippen LogP contribution in [0, 0.1) is 0 Å². The number of fused-ring (bicyclic) bond motifs is 1. The molecule has 2 aromatic rings. The third-order valence-electron chi connectivity index (χ3n) is 2.67. The monoisotopic (exact) mass is 262 g/mol. The lowest BCUT2D eigenvalue weighted by atomic mass is 10.0. The second kappa shape index (κ2) is 3.96. The van der Waals surface area contributed by atoms with Crippen molar-refractivity contribution >= 4 is 34.5 Å². The van der Waals surface area contributed by atoms with E-state index in [1.54, 1.807) is 24.4 Å². The quantitative estimate of drug-likeness (QED) is 0.855. The third-order valence-corrected chi connectivity index (χ3v) is 2.89. The van der Waals surface area contributed by atoms with Crippen LogP contribution >= 0.6 is 11.6 Å². The zero-order chi connectivity index (χ0) is 12.7. The van der Waals surface area contributed by atoms with Gasteiger partial charge in [-0.3, -0.25) is 15.1 Å². The van der Waals surface area contributed by atoms with E-state index < -0.39 is 18.1 Å². The number of nitrogens with zero attached hydrogens (tertiary/aromatic N) is 1. The van der Waals surface area contributed by atoms with Gasteiger partial charge in [0.1, 0.15) is 0 Å². The minimum absolute atomic E-state index is 0.459. The second-order valence-electron chi connectivity index (χ2n) is 3.84. The SMILES string of the molecule is O=C1NC(=O)C(c2cc(Cl)cc3cccnc23)O1. The summed E-state index contributed by atoms with van der Waals surface area (Å²) in [5.74, 6) is -0.505. The van der Waals surface area contributed by atoms with Crippen LogP contribution < -0.4 is 5.32 Å². The minimum Gasteiger partial charge on any atom is -0.431 e. The van der Waals surface area contributed by atoms with Gasteiger partial charge in [-0.05, 0) is 18.2 Å². The molecule has 0 aliphatic carbocycles. The smallest absolute Gasteiger partial charge is 0.415 e. The zero-order valence-corrected chi connectivity index (χ0v) is 9.77. The lowest BCUT2D eigenvalue weighted by molar-refractivity contribution is -0.123. The van der Waals surface area contributed by atoms with E-state index in [2.05, 4.69) is 10.3 Å². The Labute approximate surface area is 107 Å². The molecule has 1 unspecified atom stereocenters. The van der Waals surface area contributed by atoms with Gasteiger partial charge in [-0.1, -0.05) is 17.7 Å². The Morgan fingerprint density at radius 2 is 2.17 bits per heavy atom. The second-order valence-corrected chi connectivity index (χ2v) is 4.28. The highest BCUT2D eigenvalue weighted by Gasteiger charge is 2.35. The number of rotatable bonds is 1. The first kappa shape index (κ1) is 11.0. The van der Waals surface area contributed by atoms with Crippen LogP contribution in [0.5, 0.6) is 0 Å². The molecule has 6 heteroatoms. The van der Waals surface area contributed by atoms with Crippen molar-refractivity contribution in [1.82, 2.24) is 10.3 Å². The number of imide groups is 1. The van der Waals surface area contributed by atoms with E-state index in [9.17, 15) is 9.59 Å². The molecule has 1 fully saturated rings. The molecule has 1 aliphatic heterocycles. The Balaban J connectivity index is 2.22. The first-order valence-electron chi connectivity index (χ1n) is 5.21. The Kier molecular flexibility index (Phi) is 2.41. The number of carbonyl (C=O) groups is 2. The number of hydrogen-bond donors (Lipinski definition) is 1. The molecule has 5 nitrogen and oxygen atoms in total. The number of cyclic esters (lactones) is 1. The molecule has 1 N–H and O–H groups in total. The molecule has 0 radical (unpaired) electrons. The van der Waals surface area contributed by atoms with Gasteiger partial charge in [0.05, 0.1) is 5.52 Å².